The normalized spacial score (nSPS) is 14.3. The Morgan fingerprint density at radius 2 is 1.83 bits per heavy atom. The number of hydrogen-bond donors (Lipinski definition) is 1. The van der Waals surface area contributed by atoms with E-state index in [2.05, 4.69) is 16.3 Å². The number of hydrogen-bond acceptors (Lipinski definition) is 3. The van der Waals surface area contributed by atoms with Crippen molar-refractivity contribution in [1.82, 2.24) is 0 Å². The number of rotatable bonds is 5. The van der Waals surface area contributed by atoms with Gasteiger partial charge >= 0.3 is 0 Å². The van der Waals surface area contributed by atoms with Crippen LogP contribution in [0.4, 0.5) is 11.4 Å². The fourth-order valence-electron chi connectivity index (χ4n) is 3.12. The molecule has 126 valence electrons. The van der Waals surface area contributed by atoms with Gasteiger partial charge in [-0.25, -0.2) is 0 Å². The zero-order valence-corrected chi connectivity index (χ0v) is 14.1. The molecule has 0 spiro atoms. The molecule has 24 heavy (non-hydrogen) atoms. The van der Waals surface area contributed by atoms with Crippen LogP contribution in [0.25, 0.3) is 0 Å². The molecule has 1 aliphatic rings. The van der Waals surface area contributed by atoms with Gasteiger partial charge in [-0.05, 0) is 43.0 Å². The molecule has 1 heterocycles. The second kappa shape index (κ2) is 7.86. The van der Waals surface area contributed by atoms with Crippen molar-refractivity contribution in [1.29, 1.82) is 0 Å². The second-order valence-corrected chi connectivity index (χ2v) is 6.14. The average molecular weight is 324 g/mol. The standard InChI is InChI=1S/C20H24N2O2/c1-24-19-11-10-17(22-12-6-3-7-13-22)15-18(19)21-20(23)14-16-8-4-2-5-9-16/h2,4-5,8-11,15H,3,6-7,12-14H2,1H3,(H,21,23). The zero-order chi connectivity index (χ0) is 16.8. The molecule has 0 aliphatic carbocycles. The third-order valence-corrected chi connectivity index (χ3v) is 4.39. The molecule has 1 fully saturated rings. The lowest BCUT2D eigenvalue weighted by Crippen LogP contribution is -2.29. The third kappa shape index (κ3) is 4.07. The van der Waals surface area contributed by atoms with Crippen LogP contribution in [-0.4, -0.2) is 26.1 Å². The average Bonchev–Trinajstić information content (AvgIpc) is 2.63. The fraction of sp³-hybridized carbons (Fsp3) is 0.350. The van der Waals surface area contributed by atoms with Gasteiger partial charge < -0.3 is 15.0 Å². The highest BCUT2D eigenvalue weighted by Gasteiger charge is 2.14. The minimum Gasteiger partial charge on any atom is -0.495 e. The minimum absolute atomic E-state index is 0.0321. The summed E-state index contributed by atoms with van der Waals surface area (Å²) in [6.07, 6.45) is 4.11. The van der Waals surface area contributed by atoms with Crippen molar-refractivity contribution in [2.24, 2.45) is 0 Å². The number of carbonyl (C=O) groups is 1. The van der Waals surface area contributed by atoms with Crippen molar-refractivity contribution < 1.29 is 9.53 Å². The maximum atomic E-state index is 12.4. The molecular formula is C20H24N2O2. The zero-order valence-electron chi connectivity index (χ0n) is 14.1. The molecule has 1 amide bonds. The summed E-state index contributed by atoms with van der Waals surface area (Å²) in [7, 11) is 1.63. The van der Waals surface area contributed by atoms with Crippen LogP contribution in [0.2, 0.25) is 0 Å². The van der Waals surface area contributed by atoms with Gasteiger partial charge in [-0.15, -0.1) is 0 Å². The lowest BCUT2D eigenvalue weighted by Gasteiger charge is -2.29. The van der Waals surface area contributed by atoms with E-state index in [0.717, 1.165) is 30.0 Å². The number of methoxy groups -OCH3 is 1. The van der Waals surface area contributed by atoms with Crippen LogP contribution in [0, 0.1) is 0 Å². The Balaban J connectivity index is 1.74. The first-order valence-corrected chi connectivity index (χ1v) is 8.53. The number of nitrogens with one attached hydrogen (secondary N) is 1. The minimum atomic E-state index is -0.0321. The van der Waals surface area contributed by atoms with Gasteiger partial charge in [0.2, 0.25) is 5.91 Å². The molecule has 1 aliphatic heterocycles. The number of piperidine rings is 1. The highest BCUT2D eigenvalue weighted by atomic mass is 16.5. The number of anilines is 2. The van der Waals surface area contributed by atoms with E-state index in [9.17, 15) is 4.79 Å². The van der Waals surface area contributed by atoms with Gasteiger partial charge in [-0.1, -0.05) is 30.3 Å². The summed E-state index contributed by atoms with van der Waals surface area (Å²) in [6.45, 7) is 2.15. The maximum absolute atomic E-state index is 12.4. The quantitative estimate of drug-likeness (QED) is 0.908. The summed E-state index contributed by atoms with van der Waals surface area (Å²) in [5.74, 6) is 0.660. The molecule has 4 nitrogen and oxygen atoms in total. The van der Waals surface area contributed by atoms with Crippen LogP contribution in [0.5, 0.6) is 5.75 Å². The van der Waals surface area contributed by atoms with E-state index < -0.39 is 0 Å². The van der Waals surface area contributed by atoms with Crippen molar-refractivity contribution >= 4 is 17.3 Å². The number of amides is 1. The largest absolute Gasteiger partial charge is 0.495 e. The van der Waals surface area contributed by atoms with E-state index in [0.29, 0.717) is 12.2 Å². The maximum Gasteiger partial charge on any atom is 0.228 e. The molecule has 1 saturated heterocycles. The SMILES string of the molecule is COc1ccc(N2CCCCC2)cc1NC(=O)Cc1ccccc1. The van der Waals surface area contributed by atoms with Gasteiger partial charge in [0.25, 0.3) is 0 Å². The Morgan fingerprint density at radius 3 is 2.54 bits per heavy atom. The first-order valence-electron chi connectivity index (χ1n) is 8.53. The Morgan fingerprint density at radius 1 is 1.08 bits per heavy atom. The molecular weight excluding hydrogens is 300 g/mol. The number of benzene rings is 2. The van der Waals surface area contributed by atoms with Crippen molar-refractivity contribution in [2.75, 3.05) is 30.4 Å². The molecule has 4 heteroatoms. The van der Waals surface area contributed by atoms with Crippen molar-refractivity contribution in [3.05, 3.63) is 54.1 Å². The van der Waals surface area contributed by atoms with Gasteiger partial charge in [0.15, 0.2) is 0 Å². The lowest BCUT2D eigenvalue weighted by atomic mass is 10.1. The van der Waals surface area contributed by atoms with Crippen LogP contribution < -0.4 is 15.0 Å². The number of ether oxygens (including phenoxy) is 1. The van der Waals surface area contributed by atoms with Crippen molar-refractivity contribution in [3.8, 4) is 5.75 Å². The lowest BCUT2D eigenvalue weighted by molar-refractivity contribution is -0.115. The van der Waals surface area contributed by atoms with Crippen LogP contribution in [0.3, 0.4) is 0 Å². The van der Waals surface area contributed by atoms with E-state index in [-0.39, 0.29) is 5.91 Å². The smallest absolute Gasteiger partial charge is 0.228 e. The van der Waals surface area contributed by atoms with Crippen LogP contribution in [0.15, 0.2) is 48.5 Å². The molecule has 0 atom stereocenters. The molecule has 3 rings (SSSR count). The monoisotopic (exact) mass is 324 g/mol. The summed E-state index contributed by atoms with van der Waals surface area (Å²) >= 11 is 0. The van der Waals surface area contributed by atoms with E-state index in [4.69, 9.17) is 4.74 Å². The van der Waals surface area contributed by atoms with Gasteiger partial charge in [-0.3, -0.25) is 4.79 Å². The van der Waals surface area contributed by atoms with E-state index in [1.54, 1.807) is 7.11 Å². The summed E-state index contributed by atoms with van der Waals surface area (Å²) in [6, 6.07) is 15.8. The van der Waals surface area contributed by atoms with Gasteiger partial charge in [0, 0.05) is 18.8 Å². The number of nitrogens with zero attached hydrogens (tertiary/aromatic N) is 1. The van der Waals surface area contributed by atoms with Crippen molar-refractivity contribution in [2.45, 2.75) is 25.7 Å². The summed E-state index contributed by atoms with van der Waals surface area (Å²) in [5, 5.41) is 3.00. The Bertz CT molecular complexity index is 679. The Kier molecular flexibility index (Phi) is 5.36. The summed E-state index contributed by atoms with van der Waals surface area (Å²) in [5.41, 5.74) is 2.88. The Hall–Kier alpha value is -2.49. The fourth-order valence-corrected chi connectivity index (χ4v) is 3.12. The van der Waals surface area contributed by atoms with Crippen molar-refractivity contribution in [3.63, 3.8) is 0 Å². The molecule has 2 aromatic rings. The van der Waals surface area contributed by atoms with E-state index in [1.165, 1.54) is 19.3 Å². The molecule has 0 bridgehead atoms. The summed E-state index contributed by atoms with van der Waals surface area (Å²) < 4.78 is 5.41. The van der Waals surface area contributed by atoms with Crippen LogP contribution >= 0.6 is 0 Å². The first kappa shape index (κ1) is 16.4. The van der Waals surface area contributed by atoms with Crippen LogP contribution in [-0.2, 0) is 11.2 Å². The van der Waals surface area contributed by atoms with Gasteiger partial charge in [-0.2, -0.15) is 0 Å². The Labute approximate surface area is 143 Å². The molecule has 0 aromatic heterocycles. The van der Waals surface area contributed by atoms with Gasteiger partial charge in [0.05, 0.1) is 19.2 Å². The first-order chi connectivity index (χ1) is 11.8. The molecule has 0 saturated carbocycles. The van der Waals surface area contributed by atoms with E-state index >= 15 is 0 Å². The number of carbonyl (C=O) groups excluding carboxylic acids is 1. The molecule has 0 radical (unpaired) electrons. The second-order valence-electron chi connectivity index (χ2n) is 6.14. The molecule has 2 aromatic carbocycles. The topological polar surface area (TPSA) is 41.6 Å². The predicted octanol–water partition coefficient (Wildman–Crippen LogP) is 3.87. The summed E-state index contributed by atoms with van der Waals surface area (Å²) in [4.78, 5) is 14.7. The van der Waals surface area contributed by atoms with Crippen LogP contribution in [0.1, 0.15) is 24.8 Å². The highest BCUT2D eigenvalue weighted by molar-refractivity contribution is 5.94. The van der Waals surface area contributed by atoms with Gasteiger partial charge in [0.1, 0.15) is 5.75 Å². The molecule has 0 unspecified atom stereocenters. The van der Waals surface area contributed by atoms with E-state index in [1.807, 2.05) is 42.5 Å². The predicted molar refractivity (Wildman–Crippen MR) is 97.8 cm³/mol. The highest BCUT2D eigenvalue weighted by Crippen LogP contribution is 2.31. The third-order valence-electron chi connectivity index (χ3n) is 4.39. The molecule has 1 N–H and O–H groups in total.